The van der Waals surface area contributed by atoms with Crippen LogP contribution < -0.4 is 19.5 Å². The zero-order valence-electron chi connectivity index (χ0n) is 17.3. The predicted molar refractivity (Wildman–Crippen MR) is 107 cm³/mol. The van der Waals surface area contributed by atoms with Crippen molar-refractivity contribution in [3.8, 4) is 23.3 Å². The third-order valence-corrected chi connectivity index (χ3v) is 4.54. The van der Waals surface area contributed by atoms with E-state index in [1.165, 1.54) is 0 Å². The van der Waals surface area contributed by atoms with Gasteiger partial charge in [0.05, 0.1) is 25.9 Å². The van der Waals surface area contributed by atoms with Crippen molar-refractivity contribution in [3.05, 3.63) is 17.7 Å². The van der Waals surface area contributed by atoms with Gasteiger partial charge in [0.15, 0.2) is 11.5 Å². The molecule has 1 aliphatic heterocycles. The third-order valence-electron chi connectivity index (χ3n) is 4.54. The summed E-state index contributed by atoms with van der Waals surface area (Å²) >= 11 is 0. The van der Waals surface area contributed by atoms with Crippen molar-refractivity contribution in [2.45, 2.75) is 46.1 Å². The molecule has 2 rings (SSSR count). The van der Waals surface area contributed by atoms with Crippen molar-refractivity contribution >= 4 is 11.8 Å². The molecule has 1 saturated heterocycles. The first-order valence-corrected chi connectivity index (χ1v) is 10.1. The molecule has 29 heavy (non-hydrogen) atoms. The summed E-state index contributed by atoms with van der Waals surface area (Å²) in [6.45, 7) is 8.01. The van der Waals surface area contributed by atoms with Gasteiger partial charge in [0.2, 0.25) is 11.7 Å². The second kappa shape index (κ2) is 11.1. The van der Waals surface area contributed by atoms with Gasteiger partial charge < -0.3 is 24.4 Å². The maximum absolute atomic E-state index is 13.1. The van der Waals surface area contributed by atoms with Gasteiger partial charge in [-0.05, 0) is 45.7 Å². The molecule has 0 aromatic heterocycles. The number of nitrogens with zero attached hydrogens (tertiary/aromatic N) is 2. The molecule has 1 N–H and O–H groups in total. The lowest BCUT2D eigenvalue weighted by Gasteiger charge is -2.32. The number of nitrogens with one attached hydrogen (secondary N) is 1. The molecule has 0 spiro atoms. The van der Waals surface area contributed by atoms with Crippen LogP contribution in [0.15, 0.2) is 12.1 Å². The maximum Gasteiger partial charge on any atom is 0.254 e. The molecule has 1 aromatic carbocycles. The van der Waals surface area contributed by atoms with Gasteiger partial charge >= 0.3 is 0 Å². The molecule has 0 atom stereocenters. The topological polar surface area (TPSA) is 101 Å². The molecule has 2 amide bonds. The first kappa shape index (κ1) is 22.3. The van der Waals surface area contributed by atoms with Crippen molar-refractivity contribution in [2.75, 3.05) is 32.9 Å². The number of hydrogen-bond donors (Lipinski definition) is 1. The molecule has 1 fully saturated rings. The Bertz CT molecular complexity index is 724. The molecule has 0 aliphatic carbocycles. The van der Waals surface area contributed by atoms with Gasteiger partial charge in [0.1, 0.15) is 6.42 Å². The summed E-state index contributed by atoms with van der Waals surface area (Å²) in [6.07, 6.45) is 1.15. The summed E-state index contributed by atoms with van der Waals surface area (Å²) in [6, 6.07) is 5.21. The molecule has 1 aromatic rings. The van der Waals surface area contributed by atoms with Crippen molar-refractivity contribution in [1.82, 2.24) is 10.2 Å². The summed E-state index contributed by atoms with van der Waals surface area (Å²) in [7, 11) is 0. The van der Waals surface area contributed by atoms with E-state index in [-0.39, 0.29) is 24.3 Å². The number of hydrogen-bond acceptors (Lipinski definition) is 6. The van der Waals surface area contributed by atoms with Crippen LogP contribution in [-0.2, 0) is 4.79 Å². The smallest absolute Gasteiger partial charge is 0.254 e. The number of likely N-dealkylation sites (tertiary alicyclic amines) is 1. The average Bonchev–Trinajstić information content (AvgIpc) is 2.71. The fraction of sp³-hybridized carbons (Fsp3) is 0.571. The molecule has 1 aliphatic rings. The van der Waals surface area contributed by atoms with E-state index in [1.807, 2.05) is 26.8 Å². The Hall–Kier alpha value is -2.95. The lowest BCUT2D eigenvalue weighted by molar-refractivity contribution is -0.121. The van der Waals surface area contributed by atoms with E-state index in [0.717, 1.165) is 0 Å². The molecule has 0 saturated carbocycles. The minimum absolute atomic E-state index is 0.0156. The Morgan fingerprint density at radius 1 is 1.07 bits per heavy atom. The number of ether oxygens (including phenoxy) is 3. The second-order valence-electron chi connectivity index (χ2n) is 6.57. The van der Waals surface area contributed by atoms with Crippen LogP contribution in [0, 0.1) is 11.3 Å². The van der Waals surface area contributed by atoms with Gasteiger partial charge in [-0.15, -0.1) is 0 Å². The van der Waals surface area contributed by atoms with E-state index in [4.69, 9.17) is 19.5 Å². The minimum Gasteiger partial charge on any atom is -0.490 e. The van der Waals surface area contributed by atoms with Gasteiger partial charge in [-0.25, -0.2) is 0 Å². The summed E-state index contributed by atoms with van der Waals surface area (Å²) in [5, 5.41) is 11.4. The zero-order valence-corrected chi connectivity index (χ0v) is 17.3. The van der Waals surface area contributed by atoms with Gasteiger partial charge in [0.25, 0.3) is 5.91 Å². The Kier molecular flexibility index (Phi) is 8.59. The highest BCUT2D eigenvalue weighted by Crippen LogP contribution is 2.39. The minimum atomic E-state index is -0.272. The maximum atomic E-state index is 13.1. The summed E-state index contributed by atoms with van der Waals surface area (Å²) in [5.74, 6) is 1.10. The molecule has 1 heterocycles. The van der Waals surface area contributed by atoms with Crippen LogP contribution >= 0.6 is 0 Å². The first-order chi connectivity index (χ1) is 14.0. The van der Waals surface area contributed by atoms with Crippen molar-refractivity contribution in [2.24, 2.45) is 0 Å². The fourth-order valence-corrected chi connectivity index (χ4v) is 3.27. The number of carbonyl (C=O) groups is 2. The SMILES string of the molecule is CCOc1cc(C(=O)N2CCC(NC(=O)CC#N)CC2)cc(OCC)c1OCC. The number of rotatable bonds is 9. The van der Waals surface area contributed by atoms with Gasteiger partial charge in [-0.3, -0.25) is 9.59 Å². The standard InChI is InChI=1S/C21H29N3O5/c1-4-27-17-13-15(14-18(28-5-2)20(17)29-6-3)21(26)24-11-8-16(9-12-24)23-19(25)7-10-22/h13-14,16H,4-9,11-12H2,1-3H3,(H,23,25). The zero-order chi connectivity index (χ0) is 21.2. The van der Waals surface area contributed by atoms with E-state index >= 15 is 0 Å². The van der Waals surface area contributed by atoms with Crippen LogP contribution in [0.1, 0.15) is 50.4 Å². The van der Waals surface area contributed by atoms with Crippen LogP contribution in [0.5, 0.6) is 17.2 Å². The molecule has 158 valence electrons. The van der Waals surface area contributed by atoms with E-state index < -0.39 is 0 Å². The normalized spacial score (nSPS) is 14.1. The Morgan fingerprint density at radius 2 is 1.62 bits per heavy atom. The fourth-order valence-electron chi connectivity index (χ4n) is 3.27. The van der Waals surface area contributed by atoms with Crippen LogP contribution in [0.25, 0.3) is 0 Å². The quantitative estimate of drug-likeness (QED) is 0.680. The molecule has 8 heteroatoms. The summed E-state index contributed by atoms with van der Waals surface area (Å²) < 4.78 is 17.1. The Balaban J connectivity index is 2.14. The molecular formula is C21H29N3O5. The number of amides is 2. The van der Waals surface area contributed by atoms with Crippen molar-refractivity contribution in [3.63, 3.8) is 0 Å². The van der Waals surface area contributed by atoms with Gasteiger partial charge in [-0.2, -0.15) is 5.26 Å². The molecule has 0 bridgehead atoms. The predicted octanol–water partition coefficient (Wildman–Crippen LogP) is 2.52. The number of carbonyl (C=O) groups excluding carboxylic acids is 2. The Morgan fingerprint density at radius 3 is 2.10 bits per heavy atom. The highest BCUT2D eigenvalue weighted by molar-refractivity contribution is 5.95. The van der Waals surface area contributed by atoms with E-state index in [1.54, 1.807) is 17.0 Å². The van der Waals surface area contributed by atoms with Gasteiger partial charge in [0, 0.05) is 24.7 Å². The number of benzene rings is 1. The Labute approximate surface area is 171 Å². The largest absolute Gasteiger partial charge is 0.490 e. The lowest BCUT2D eigenvalue weighted by Crippen LogP contribution is -2.46. The number of nitriles is 1. The van der Waals surface area contributed by atoms with E-state index in [2.05, 4.69) is 5.32 Å². The average molecular weight is 403 g/mol. The molecular weight excluding hydrogens is 374 g/mol. The second-order valence-corrected chi connectivity index (χ2v) is 6.57. The third kappa shape index (κ3) is 6.01. The van der Waals surface area contributed by atoms with Gasteiger partial charge in [-0.1, -0.05) is 0 Å². The molecule has 8 nitrogen and oxygen atoms in total. The highest BCUT2D eigenvalue weighted by atomic mass is 16.5. The highest BCUT2D eigenvalue weighted by Gasteiger charge is 2.26. The van der Waals surface area contributed by atoms with E-state index in [0.29, 0.717) is 68.6 Å². The lowest BCUT2D eigenvalue weighted by atomic mass is 10.0. The summed E-state index contributed by atoms with van der Waals surface area (Å²) in [5.41, 5.74) is 0.479. The van der Waals surface area contributed by atoms with Crippen LogP contribution in [-0.4, -0.2) is 55.7 Å². The van der Waals surface area contributed by atoms with E-state index in [9.17, 15) is 9.59 Å². The molecule has 0 radical (unpaired) electrons. The molecule has 0 unspecified atom stereocenters. The van der Waals surface area contributed by atoms with Crippen molar-refractivity contribution in [1.29, 1.82) is 5.26 Å². The van der Waals surface area contributed by atoms with Crippen LogP contribution in [0.4, 0.5) is 0 Å². The van der Waals surface area contributed by atoms with Crippen LogP contribution in [0.3, 0.4) is 0 Å². The van der Waals surface area contributed by atoms with Crippen molar-refractivity contribution < 1.29 is 23.8 Å². The summed E-state index contributed by atoms with van der Waals surface area (Å²) in [4.78, 5) is 26.4. The number of piperidine rings is 1. The van der Waals surface area contributed by atoms with Crippen LogP contribution in [0.2, 0.25) is 0 Å². The monoisotopic (exact) mass is 403 g/mol. The first-order valence-electron chi connectivity index (χ1n) is 10.1.